The molecule has 7 heteroatoms. The maximum atomic E-state index is 14.1. The van der Waals surface area contributed by atoms with Gasteiger partial charge in [-0.3, -0.25) is 4.79 Å². The van der Waals surface area contributed by atoms with Gasteiger partial charge < -0.3 is 10.2 Å². The monoisotopic (exact) mass is 358 g/mol. The van der Waals surface area contributed by atoms with Crippen LogP contribution in [0, 0.1) is 11.7 Å². The molecule has 3 rings (SSSR count). The summed E-state index contributed by atoms with van der Waals surface area (Å²) in [7, 11) is 0. The van der Waals surface area contributed by atoms with E-state index in [2.05, 4.69) is 5.32 Å². The summed E-state index contributed by atoms with van der Waals surface area (Å²) >= 11 is 0. The molecule has 1 amide bonds. The van der Waals surface area contributed by atoms with E-state index in [1.165, 1.54) is 25.0 Å². The third-order valence-electron chi connectivity index (χ3n) is 4.95. The van der Waals surface area contributed by atoms with Gasteiger partial charge in [-0.1, -0.05) is 12.1 Å². The van der Waals surface area contributed by atoms with Gasteiger partial charge in [0, 0.05) is 37.7 Å². The van der Waals surface area contributed by atoms with Crippen molar-refractivity contribution in [3.63, 3.8) is 0 Å². The molecule has 0 bridgehead atoms. The fraction of sp³-hybridized carbons (Fsp3) is 0.611. The van der Waals surface area contributed by atoms with E-state index < -0.39 is 17.6 Å². The lowest BCUT2D eigenvalue weighted by molar-refractivity contribution is -0.140. The number of amides is 1. The van der Waals surface area contributed by atoms with Crippen LogP contribution in [0.1, 0.15) is 43.2 Å². The first-order chi connectivity index (χ1) is 11.8. The molecule has 2 aliphatic rings. The number of likely N-dealkylation sites (tertiary alicyclic amines) is 1. The maximum absolute atomic E-state index is 14.1. The minimum absolute atomic E-state index is 0.000218. The van der Waals surface area contributed by atoms with E-state index in [4.69, 9.17) is 0 Å². The van der Waals surface area contributed by atoms with E-state index in [0.717, 1.165) is 19.0 Å². The van der Waals surface area contributed by atoms with Crippen molar-refractivity contribution in [2.24, 2.45) is 5.92 Å². The Kier molecular flexibility index (Phi) is 5.32. The van der Waals surface area contributed by atoms with Crippen LogP contribution in [0.15, 0.2) is 18.2 Å². The number of nitrogens with zero attached hydrogens (tertiary/aromatic N) is 1. The summed E-state index contributed by atoms with van der Waals surface area (Å²) in [6.07, 6.45) is -0.548. The summed E-state index contributed by atoms with van der Waals surface area (Å²) in [6, 6.07) is 3.33. The lowest BCUT2D eigenvalue weighted by atomic mass is 10.1. The third kappa shape index (κ3) is 4.71. The molecule has 1 aliphatic heterocycles. The van der Waals surface area contributed by atoms with Crippen LogP contribution in [-0.2, 0) is 17.5 Å². The Morgan fingerprint density at radius 3 is 2.60 bits per heavy atom. The first-order valence-corrected chi connectivity index (χ1v) is 8.70. The van der Waals surface area contributed by atoms with Crippen molar-refractivity contribution in [1.29, 1.82) is 0 Å². The fourth-order valence-electron chi connectivity index (χ4n) is 3.24. The summed E-state index contributed by atoms with van der Waals surface area (Å²) in [5, 5.41) is 3.12. The molecule has 0 aromatic heterocycles. The molecule has 3 nitrogen and oxygen atoms in total. The fourth-order valence-corrected chi connectivity index (χ4v) is 3.24. The van der Waals surface area contributed by atoms with Gasteiger partial charge in [-0.25, -0.2) is 4.39 Å². The molecule has 1 saturated heterocycles. The largest absolute Gasteiger partial charge is 0.419 e. The molecular formula is C18H22F4N2O. The number of alkyl halides is 3. The Bertz CT molecular complexity index is 628. The van der Waals surface area contributed by atoms with Crippen molar-refractivity contribution < 1.29 is 22.4 Å². The summed E-state index contributed by atoms with van der Waals surface area (Å²) in [4.78, 5) is 14.0. The predicted octanol–water partition coefficient (Wildman–Crippen LogP) is 3.73. The van der Waals surface area contributed by atoms with Crippen molar-refractivity contribution in [1.82, 2.24) is 10.2 Å². The smallest absolute Gasteiger partial charge is 0.342 e. The first-order valence-electron chi connectivity index (χ1n) is 8.70. The SMILES string of the molecule is O=C1CCC(NCc2cccc(C(F)(F)F)c2F)CCN1CC1CC1. The molecule has 1 atom stereocenters. The number of nitrogens with one attached hydrogen (secondary N) is 1. The number of carbonyl (C=O) groups is 1. The highest BCUT2D eigenvalue weighted by Crippen LogP contribution is 2.33. The quantitative estimate of drug-likeness (QED) is 0.814. The highest BCUT2D eigenvalue weighted by Gasteiger charge is 2.35. The molecule has 1 N–H and O–H groups in total. The second kappa shape index (κ2) is 7.32. The highest BCUT2D eigenvalue weighted by molar-refractivity contribution is 5.76. The Labute approximate surface area is 144 Å². The van der Waals surface area contributed by atoms with E-state index >= 15 is 0 Å². The Hall–Kier alpha value is -1.63. The predicted molar refractivity (Wildman–Crippen MR) is 85.2 cm³/mol. The topological polar surface area (TPSA) is 32.3 Å². The van der Waals surface area contributed by atoms with Gasteiger partial charge in [0.25, 0.3) is 0 Å². The van der Waals surface area contributed by atoms with Gasteiger partial charge in [-0.05, 0) is 37.7 Å². The van der Waals surface area contributed by atoms with Crippen LogP contribution in [0.3, 0.4) is 0 Å². The van der Waals surface area contributed by atoms with Gasteiger partial charge in [0.1, 0.15) is 5.82 Å². The molecule has 0 radical (unpaired) electrons. The minimum Gasteiger partial charge on any atom is -0.342 e. The zero-order valence-electron chi connectivity index (χ0n) is 13.9. The third-order valence-corrected chi connectivity index (χ3v) is 4.95. The van der Waals surface area contributed by atoms with Gasteiger partial charge in [0.15, 0.2) is 0 Å². The molecule has 1 aromatic rings. The van der Waals surface area contributed by atoms with Gasteiger partial charge in [0.2, 0.25) is 5.91 Å². The average molecular weight is 358 g/mol. The molecule has 1 aliphatic carbocycles. The Morgan fingerprint density at radius 1 is 1.16 bits per heavy atom. The van der Waals surface area contributed by atoms with Crippen LogP contribution < -0.4 is 5.32 Å². The van der Waals surface area contributed by atoms with Crippen molar-refractivity contribution in [2.45, 2.75) is 50.9 Å². The van der Waals surface area contributed by atoms with Crippen molar-refractivity contribution in [3.05, 3.63) is 35.1 Å². The number of benzene rings is 1. The maximum Gasteiger partial charge on any atom is 0.419 e. The van der Waals surface area contributed by atoms with E-state index in [1.54, 1.807) is 0 Å². The van der Waals surface area contributed by atoms with Crippen LogP contribution in [0.2, 0.25) is 0 Å². The van der Waals surface area contributed by atoms with Crippen LogP contribution in [-0.4, -0.2) is 29.9 Å². The summed E-state index contributed by atoms with van der Waals surface area (Å²) < 4.78 is 52.4. The van der Waals surface area contributed by atoms with Gasteiger partial charge in [0.05, 0.1) is 5.56 Å². The molecular weight excluding hydrogens is 336 g/mol. The van der Waals surface area contributed by atoms with Gasteiger partial charge in [-0.2, -0.15) is 13.2 Å². The molecule has 1 aromatic carbocycles. The van der Waals surface area contributed by atoms with E-state index in [-0.39, 0.29) is 24.1 Å². The average Bonchev–Trinajstić information content (AvgIpc) is 3.37. The molecule has 2 fully saturated rings. The lowest BCUT2D eigenvalue weighted by Gasteiger charge is -2.21. The molecule has 1 saturated carbocycles. The molecule has 25 heavy (non-hydrogen) atoms. The zero-order chi connectivity index (χ0) is 18.0. The summed E-state index contributed by atoms with van der Waals surface area (Å²) in [5.74, 6) is -0.448. The van der Waals surface area contributed by atoms with Crippen molar-refractivity contribution >= 4 is 5.91 Å². The number of rotatable bonds is 5. The minimum atomic E-state index is -4.70. The van der Waals surface area contributed by atoms with E-state index in [9.17, 15) is 22.4 Å². The Morgan fingerprint density at radius 2 is 1.92 bits per heavy atom. The summed E-state index contributed by atoms with van der Waals surface area (Å²) in [6.45, 7) is 1.49. The van der Waals surface area contributed by atoms with E-state index in [1.807, 2.05) is 4.90 Å². The normalized spacial score (nSPS) is 22.2. The lowest BCUT2D eigenvalue weighted by Crippen LogP contribution is -2.33. The highest BCUT2D eigenvalue weighted by atomic mass is 19.4. The molecule has 1 heterocycles. The van der Waals surface area contributed by atoms with Crippen LogP contribution in [0.25, 0.3) is 0 Å². The van der Waals surface area contributed by atoms with Gasteiger partial charge >= 0.3 is 6.18 Å². The van der Waals surface area contributed by atoms with E-state index in [0.29, 0.717) is 25.3 Å². The molecule has 0 spiro atoms. The number of halogens is 4. The van der Waals surface area contributed by atoms with Crippen LogP contribution >= 0.6 is 0 Å². The van der Waals surface area contributed by atoms with Crippen LogP contribution in [0.4, 0.5) is 17.6 Å². The number of hydrogen-bond acceptors (Lipinski definition) is 2. The standard InChI is InChI=1S/C18H22F4N2O/c19-17-13(2-1-3-15(17)18(20,21)22)10-23-14-6-7-16(25)24(9-8-14)11-12-4-5-12/h1-3,12,14,23H,4-11H2. The molecule has 138 valence electrons. The van der Waals surface area contributed by atoms with Crippen LogP contribution in [0.5, 0.6) is 0 Å². The second-order valence-electron chi connectivity index (χ2n) is 6.96. The summed E-state index contributed by atoms with van der Waals surface area (Å²) in [5.41, 5.74) is -1.24. The molecule has 1 unspecified atom stereocenters. The first kappa shape index (κ1) is 18.2. The van der Waals surface area contributed by atoms with Crippen molar-refractivity contribution in [2.75, 3.05) is 13.1 Å². The van der Waals surface area contributed by atoms with Crippen molar-refractivity contribution in [3.8, 4) is 0 Å². The zero-order valence-corrected chi connectivity index (χ0v) is 13.9. The second-order valence-corrected chi connectivity index (χ2v) is 6.96. The van der Waals surface area contributed by atoms with Gasteiger partial charge in [-0.15, -0.1) is 0 Å². The number of carbonyl (C=O) groups excluding carboxylic acids is 1. The Balaban J connectivity index is 1.57. The number of hydrogen-bond donors (Lipinski definition) is 1.